The van der Waals surface area contributed by atoms with Crippen molar-refractivity contribution in [1.29, 1.82) is 0 Å². The second-order valence-corrected chi connectivity index (χ2v) is 7.49. The molecule has 1 aliphatic rings. The highest BCUT2D eigenvalue weighted by atomic mass is 19.4. The highest BCUT2D eigenvalue weighted by Gasteiger charge is 2.52. The summed E-state index contributed by atoms with van der Waals surface area (Å²) in [7, 11) is 0. The van der Waals surface area contributed by atoms with E-state index < -0.39 is 35.7 Å². The molecular weight excluding hydrogens is 445 g/mol. The summed E-state index contributed by atoms with van der Waals surface area (Å²) in [6, 6.07) is 5.33. The van der Waals surface area contributed by atoms with E-state index >= 15 is 0 Å². The van der Waals surface area contributed by atoms with Crippen LogP contribution in [0, 0.1) is 0 Å². The van der Waals surface area contributed by atoms with Crippen LogP contribution in [0.25, 0.3) is 0 Å². The maximum Gasteiger partial charge on any atom is 0.573 e. The molecule has 1 N–H and O–H groups in total. The fourth-order valence-electron chi connectivity index (χ4n) is 3.25. The first kappa shape index (κ1) is 23.8. The summed E-state index contributed by atoms with van der Waals surface area (Å²) >= 11 is 0. The number of nitrogens with zero attached hydrogens (tertiary/aromatic N) is 3. The van der Waals surface area contributed by atoms with Gasteiger partial charge in [-0.15, -0.1) is 13.2 Å². The van der Waals surface area contributed by atoms with Crippen molar-refractivity contribution in [2.75, 3.05) is 16.8 Å². The molecule has 0 bridgehead atoms. The zero-order valence-electron chi connectivity index (χ0n) is 18.0. The van der Waals surface area contributed by atoms with Gasteiger partial charge in [-0.2, -0.15) is 0 Å². The number of alkyl halides is 3. The van der Waals surface area contributed by atoms with Gasteiger partial charge < -0.3 is 14.4 Å². The van der Waals surface area contributed by atoms with E-state index in [0.29, 0.717) is 11.3 Å². The van der Waals surface area contributed by atoms with Gasteiger partial charge in [-0.3, -0.25) is 15.1 Å². The molecule has 4 amide bonds. The molecule has 0 radical (unpaired) electrons. The molecule has 3 rings (SSSR count). The van der Waals surface area contributed by atoms with Crippen LogP contribution in [0.15, 0.2) is 42.7 Å². The van der Waals surface area contributed by atoms with Crippen LogP contribution < -0.4 is 15.0 Å². The normalized spacial score (nSPS) is 15.6. The van der Waals surface area contributed by atoms with Gasteiger partial charge in [-0.25, -0.2) is 14.5 Å². The zero-order chi connectivity index (χ0) is 24.4. The molecule has 0 unspecified atom stereocenters. The molecule has 1 aromatic heterocycles. The molecule has 1 saturated heterocycles. The van der Waals surface area contributed by atoms with E-state index in [0.717, 1.165) is 17.0 Å². The molecule has 2 heterocycles. The van der Waals surface area contributed by atoms with Gasteiger partial charge in [-0.05, 0) is 56.7 Å². The van der Waals surface area contributed by atoms with Crippen molar-refractivity contribution < 1.29 is 37.0 Å². The number of pyridine rings is 1. The van der Waals surface area contributed by atoms with Gasteiger partial charge in [0.1, 0.15) is 11.3 Å². The van der Waals surface area contributed by atoms with E-state index in [1.54, 1.807) is 26.8 Å². The van der Waals surface area contributed by atoms with Crippen molar-refractivity contribution in [3.05, 3.63) is 48.3 Å². The third kappa shape index (κ3) is 5.16. The Bertz CT molecular complexity index is 1060. The number of imide groups is 1. The Hall–Kier alpha value is -3.83. The molecule has 0 spiro atoms. The lowest BCUT2D eigenvalue weighted by molar-refractivity contribution is -0.274. The lowest BCUT2D eigenvalue weighted by Gasteiger charge is -2.28. The van der Waals surface area contributed by atoms with E-state index in [-0.39, 0.29) is 18.8 Å². The predicted octanol–water partition coefficient (Wildman–Crippen LogP) is 4.30. The van der Waals surface area contributed by atoms with E-state index in [1.165, 1.54) is 29.4 Å². The lowest BCUT2D eigenvalue weighted by Crippen LogP contribution is -2.43. The Morgan fingerprint density at radius 1 is 1.15 bits per heavy atom. The van der Waals surface area contributed by atoms with Crippen LogP contribution in [0.3, 0.4) is 0 Å². The molecule has 2 aromatic rings. The number of aromatic nitrogens is 1. The van der Waals surface area contributed by atoms with Gasteiger partial charge in [0.25, 0.3) is 5.91 Å². The molecule has 1 aliphatic heterocycles. The third-order valence-electron chi connectivity index (χ3n) is 4.90. The molecule has 0 aliphatic carbocycles. The van der Waals surface area contributed by atoms with Crippen molar-refractivity contribution in [3.8, 4) is 5.75 Å². The Kier molecular flexibility index (Phi) is 6.47. The zero-order valence-corrected chi connectivity index (χ0v) is 18.0. The number of hydrogen-bond acceptors (Lipinski definition) is 6. The standard InChI is InChI=1S/C21H21F3N4O5/c1-4-32-18(30)26-16-11-25-10-9-13(16)12-27-19(31)28(17(29)20(27,2)3)14-5-7-15(8-6-14)33-21(22,23)24/h5-11H,4,12H2,1-3H3,(H,26,30). The Morgan fingerprint density at radius 2 is 1.82 bits per heavy atom. The van der Waals surface area contributed by atoms with Gasteiger partial charge in [-0.1, -0.05) is 0 Å². The fraction of sp³-hybridized carbons (Fsp3) is 0.333. The van der Waals surface area contributed by atoms with Crippen LogP contribution in [0.2, 0.25) is 0 Å². The van der Waals surface area contributed by atoms with E-state index in [1.807, 2.05) is 0 Å². The maximum absolute atomic E-state index is 13.2. The summed E-state index contributed by atoms with van der Waals surface area (Å²) in [4.78, 5) is 44.2. The van der Waals surface area contributed by atoms with Crippen LogP contribution in [0.5, 0.6) is 5.75 Å². The molecule has 1 aromatic carbocycles. The quantitative estimate of drug-likeness (QED) is 0.638. The number of ether oxygens (including phenoxy) is 2. The lowest BCUT2D eigenvalue weighted by atomic mass is 10.0. The van der Waals surface area contributed by atoms with Crippen molar-refractivity contribution in [3.63, 3.8) is 0 Å². The highest BCUT2D eigenvalue weighted by Crippen LogP contribution is 2.35. The molecule has 9 nitrogen and oxygen atoms in total. The number of nitrogens with one attached hydrogen (secondary N) is 1. The topological polar surface area (TPSA) is 101 Å². The van der Waals surface area contributed by atoms with Crippen LogP contribution in [-0.4, -0.2) is 46.4 Å². The van der Waals surface area contributed by atoms with Gasteiger partial charge in [0.05, 0.1) is 30.7 Å². The van der Waals surface area contributed by atoms with Gasteiger partial charge >= 0.3 is 18.5 Å². The van der Waals surface area contributed by atoms with Crippen molar-refractivity contribution in [2.45, 2.75) is 39.2 Å². The van der Waals surface area contributed by atoms with Crippen LogP contribution in [0.1, 0.15) is 26.3 Å². The minimum atomic E-state index is -4.86. The maximum atomic E-state index is 13.2. The van der Waals surface area contributed by atoms with Crippen LogP contribution in [-0.2, 0) is 16.1 Å². The minimum absolute atomic E-state index is 0.0480. The largest absolute Gasteiger partial charge is 0.573 e. The number of halogens is 3. The number of carbonyl (C=O) groups is 3. The Morgan fingerprint density at radius 3 is 2.42 bits per heavy atom. The third-order valence-corrected chi connectivity index (χ3v) is 4.90. The van der Waals surface area contributed by atoms with E-state index in [4.69, 9.17) is 4.74 Å². The van der Waals surface area contributed by atoms with Gasteiger partial charge in [0.15, 0.2) is 0 Å². The van der Waals surface area contributed by atoms with E-state index in [9.17, 15) is 27.6 Å². The first-order chi connectivity index (χ1) is 15.4. The fourth-order valence-corrected chi connectivity index (χ4v) is 3.25. The monoisotopic (exact) mass is 466 g/mol. The Balaban J connectivity index is 1.85. The van der Waals surface area contributed by atoms with Gasteiger partial charge in [0, 0.05) is 6.20 Å². The second kappa shape index (κ2) is 8.96. The SMILES string of the molecule is CCOC(=O)Nc1cnccc1CN1C(=O)N(c2ccc(OC(F)(F)F)cc2)C(=O)C1(C)C. The van der Waals surface area contributed by atoms with Crippen LogP contribution >= 0.6 is 0 Å². The van der Waals surface area contributed by atoms with Crippen molar-refractivity contribution >= 4 is 29.4 Å². The summed E-state index contributed by atoms with van der Waals surface area (Å²) in [5, 5.41) is 2.54. The number of carbonyl (C=O) groups excluding carboxylic acids is 3. The summed E-state index contributed by atoms with van der Waals surface area (Å²) < 4.78 is 45.9. The summed E-state index contributed by atoms with van der Waals surface area (Å²) in [5.41, 5.74) is -0.375. The Labute approximate surface area is 187 Å². The van der Waals surface area contributed by atoms with Crippen LogP contribution in [0.4, 0.5) is 34.1 Å². The minimum Gasteiger partial charge on any atom is -0.450 e. The molecule has 0 saturated carbocycles. The number of amides is 4. The molecule has 176 valence electrons. The predicted molar refractivity (Wildman–Crippen MR) is 111 cm³/mol. The van der Waals surface area contributed by atoms with Crippen molar-refractivity contribution in [1.82, 2.24) is 9.88 Å². The molecule has 12 heteroatoms. The highest BCUT2D eigenvalue weighted by molar-refractivity contribution is 6.23. The molecule has 0 atom stereocenters. The number of anilines is 2. The number of hydrogen-bond donors (Lipinski definition) is 1. The molecule has 1 fully saturated rings. The van der Waals surface area contributed by atoms with E-state index in [2.05, 4.69) is 15.0 Å². The number of benzene rings is 1. The smallest absolute Gasteiger partial charge is 0.450 e. The summed E-state index contributed by atoms with van der Waals surface area (Å²) in [5.74, 6) is -1.04. The summed E-state index contributed by atoms with van der Waals surface area (Å²) in [6.45, 7) is 4.86. The average Bonchev–Trinajstić information content (AvgIpc) is 2.88. The molecular formula is C21H21F3N4O5. The van der Waals surface area contributed by atoms with Gasteiger partial charge in [0.2, 0.25) is 0 Å². The average molecular weight is 466 g/mol. The second-order valence-electron chi connectivity index (χ2n) is 7.49. The summed E-state index contributed by atoms with van der Waals surface area (Å²) in [6.07, 6.45) is -2.70. The first-order valence-electron chi connectivity index (χ1n) is 9.82. The number of urea groups is 1. The molecule has 33 heavy (non-hydrogen) atoms. The number of rotatable bonds is 6. The van der Waals surface area contributed by atoms with Crippen molar-refractivity contribution in [2.24, 2.45) is 0 Å². The first-order valence-corrected chi connectivity index (χ1v) is 9.82.